The molecule has 2 aliphatic rings. The fourth-order valence-corrected chi connectivity index (χ4v) is 3.66. The van der Waals surface area contributed by atoms with Crippen molar-refractivity contribution in [3.8, 4) is 0 Å². The normalized spacial score (nSPS) is 19.6. The van der Waals surface area contributed by atoms with E-state index in [0.29, 0.717) is 0 Å². The minimum atomic E-state index is -0.297. The maximum atomic E-state index is 12.9. The highest BCUT2D eigenvalue weighted by atomic mass is 35.5. The van der Waals surface area contributed by atoms with Crippen molar-refractivity contribution < 1.29 is 4.79 Å². The van der Waals surface area contributed by atoms with Crippen molar-refractivity contribution in [3.05, 3.63) is 59.7 Å². The molecule has 2 aliphatic heterocycles. The van der Waals surface area contributed by atoms with E-state index in [0.717, 1.165) is 57.1 Å². The molecular formula is C20H27Cl2N5O. The first-order valence-electron chi connectivity index (χ1n) is 9.29. The molecule has 0 bridgehead atoms. The van der Waals surface area contributed by atoms with Gasteiger partial charge in [-0.1, -0.05) is 42.5 Å². The second-order valence-corrected chi connectivity index (χ2v) is 6.84. The number of halogens is 2. The van der Waals surface area contributed by atoms with Crippen molar-refractivity contribution in [1.82, 2.24) is 25.1 Å². The second-order valence-electron chi connectivity index (χ2n) is 6.84. The number of aromatic nitrogens is 2. The monoisotopic (exact) mass is 423 g/mol. The van der Waals surface area contributed by atoms with E-state index in [1.165, 1.54) is 5.56 Å². The third-order valence-electron chi connectivity index (χ3n) is 5.15. The van der Waals surface area contributed by atoms with Crippen LogP contribution in [0, 0.1) is 0 Å². The highest BCUT2D eigenvalue weighted by molar-refractivity contribution is 5.85. The summed E-state index contributed by atoms with van der Waals surface area (Å²) in [5.74, 6) is 0.150. The number of rotatable bonds is 4. The van der Waals surface area contributed by atoms with Gasteiger partial charge in [0.15, 0.2) is 0 Å². The molecule has 1 aromatic heterocycles. The summed E-state index contributed by atoms with van der Waals surface area (Å²) in [6.07, 6.45) is 6.95. The Morgan fingerprint density at radius 2 is 1.89 bits per heavy atom. The van der Waals surface area contributed by atoms with E-state index in [9.17, 15) is 4.79 Å². The molecule has 6 nitrogen and oxygen atoms in total. The van der Waals surface area contributed by atoms with E-state index in [1.807, 2.05) is 23.1 Å². The van der Waals surface area contributed by atoms with Crippen LogP contribution in [0.4, 0.5) is 0 Å². The van der Waals surface area contributed by atoms with Crippen LogP contribution in [0.5, 0.6) is 0 Å². The van der Waals surface area contributed by atoms with Crippen LogP contribution in [0.15, 0.2) is 42.7 Å². The summed E-state index contributed by atoms with van der Waals surface area (Å²) in [7, 11) is 0. The molecule has 28 heavy (non-hydrogen) atoms. The van der Waals surface area contributed by atoms with Gasteiger partial charge in [0.2, 0.25) is 5.91 Å². The molecule has 4 rings (SSSR count). The van der Waals surface area contributed by atoms with Gasteiger partial charge in [-0.3, -0.25) is 9.69 Å². The number of carbonyl (C=O) groups is 1. The van der Waals surface area contributed by atoms with Crippen molar-refractivity contribution in [1.29, 1.82) is 0 Å². The average molecular weight is 424 g/mol. The SMILES string of the molecule is Cl.Cl.O=C(C1NCCc2[nH]cnc21)N1CCN(C/C=C/c2ccccc2)CC1. The molecule has 0 radical (unpaired) electrons. The minimum Gasteiger partial charge on any atom is -0.348 e. The lowest BCUT2D eigenvalue weighted by Crippen LogP contribution is -2.52. The van der Waals surface area contributed by atoms with Gasteiger partial charge in [0.1, 0.15) is 6.04 Å². The zero-order valence-corrected chi connectivity index (χ0v) is 17.3. The molecule has 2 N–H and O–H groups in total. The van der Waals surface area contributed by atoms with Crippen LogP contribution in [0.2, 0.25) is 0 Å². The van der Waals surface area contributed by atoms with E-state index in [4.69, 9.17) is 0 Å². The zero-order chi connectivity index (χ0) is 17.8. The molecule has 152 valence electrons. The van der Waals surface area contributed by atoms with E-state index >= 15 is 0 Å². The van der Waals surface area contributed by atoms with Gasteiger partial charge in [-0.15, -0.1) is 24.8 Å². The average Bonchev–Trinajstić information content (AvgIpc) is 3.18. The number of hydrogen-bond acceptors (Lipinski definition) is 4. The molecule has 1 amide bonds. The molecule has 1 aromatic carbocycles. The number of hydrogen-bond donors (Lipinski definition) is 2. The van der Waals surface area contributed by atoms with Crippen molar-refractivity contribution in [3.63, 3.8) is 0 Å². The Balaban J connectivity index is 0.00000140. The van der Waals surface area contributed by atoms with Crippen LogP contribution in [0.25, 0.3) is 6.08 Å². The van der Waals surface area contributed by atoms with Gasteiger partial charge in [0.05, 0.1) is 12.0 Å². The van der Waals surface area contributed by atoms with Crippen molar-refractivity contribution in [2.45, 2.75) is 12.5 Å². The third kappa shape index (κ3) is 5.14. The Bertz CT molecular complexity index is 772. The molecule has 8 heteroatoms. The van der Waals surface area contributed by atoms with Gasteiger partial charge in [-0.25, -0.2) is 4.98 Å². The molecule has 0 aliphatic carbocycles. The molecule has 0 spiro atoms. The number of carbonyl (C=O) groups excluding carboxylic acids is 1. The van der Waals surface area contributed by atoms with Crippen LogP contribution < -0.4 is 5.32 Å². The standard InChI is InChI=1S/C20H25N5O.2ClH/c26-20(19-18-17(8-9-21-19)22-15-23-18)25-13-11-24(12-14-25)10-4-7-16-5-2-1-3-6-16;;/h1-7,15,19,21H,8-14H2,(H,22,23);2*1H/b7-4+;;. The molecule has 2 aromatic rings. The first-order chi connectivity index (χ1) is 12.8. The molecule has 1 atom stereocenters. The third-order valence-corrected chi connectivity index (χ3v) is 5.15. The predicted molar refractivity (Wildman–Crippen MR) is 116 cm³/mol. The van der Waals surface area contributed by atoms with E-state index in [-0.39, 0.29) is 36.8 Å². The second kappa shape index (κ2) is 10.6. The fraction of sp³-hybridized carbons (Fsp3) is 0.400. The van der Waals surface area contributed by atoms with Gasteiger partial charge >= 0.3 is 0 Å². The smallest absolute Gasteiger partial charge is 0.246 e. The minimum absolute atomic E-state index is 0. The maximum Gasteiger partial charge on any atom is 0.246 e. The van der Waals surface area contributed by atoms with Gasteiger partial charge in [0, 0.05) is 51.4 Å². The highest BCUT2D eigenvalue weighted by Crippen LogP contribution is 2.22. The van der Waals surface area contributed by atoms with Crippen molar-refractivity contribution in [2.75, 3.05) is 39.3 Å². The molecule has 1 unspecified atom stereocenters. The summed E-state index contributed by atoms with van der Waals surface area (Å²) in [5, 5.41) is 3.32. The summed E-state index contributed by atoms with van der Waals surface area (Å²) in [5.41, 5.74) is 3.18. The zero-order valence-electron chi connectivity index (χ0n) is 15.7. The quantitative estimate of drug-likeness (QED) is 0.791. The Labute approximate surface area is 178 Å². The molecule has 0 saturated carbocycles. The van der Waals surface area contributed by atoms with Crippen molar-refractivity contribution in [2.24, 2.45) is 0 Å². The van der Waals surface area contributed by atoms with E-state index in [2.05, 4.69) is 44.5 Å². The van der Waals surface area contributed by atoms with E-state index < -0.39 is 0 Å². The number of piperazine rings is 1. The van der Waals surface area contributed by atoms with E-state index in [1.54, 1.807) is 6.33 Å². The topological polar surface area (TPSA) is 64.3 Å². The Hall–Kier alpha value is -1.86. The van der Waals surface area contributed by atoms with Gasteiger partial charge in [-0.2, -0.15) is 0 Å². The summed E-state index contributed by atoms with van der Waals surface area (Å²) in [6, 6.07) is 10.0. The Kier molecular flexibility index (Phi) is 8.51. The summed E-state index contributed by atoms with van der Waals surface area (Å²) in [4.78, 5) is 24.8. The fourth-order valence-electron chi connectivity index (χ4n) is 3.66. The largest absolute Gasteiger partial charge is 0.348 e. The van der Waals surface area contributed by atoms with Crippen LogP contribution in [-0.2, 0) is 11.2 Å². The Morgan fingerprint density at radius 3 is 2.64 bits per heavy atom. The van der Waals surface area contributed by atoms with Gasteiger partial charge < -0.3 is 15.2 Å². The van der Waals surface area contributed by atoms with Crippen LogP contribution in [0.3, 0.4) is 0 Å². The first kappa shape index (κ1) is 22.4. The highest BCUT2D eigenvalue weighted by Gasteiger charge is 2.32. The number of nitrogens with zero attached hydrogens (tertiary/aromatic N) is 3. The van der Waals surface area contributed by atoms with Gasteiger partial charge in [-0.05, 0) is 5.56 Å². The summed E-state index contributed by atoms with van der Waals surface area (Å²) >= 11 is 0. The lowest BCUT2D eigenvalue weighted by atomic mass is 10.0. The summed E-state index contributed by atoms with van der Waals surface area (Å²) < 4.78 is 0. The van der Waals surface area contributed by atoms with Crippen molar-refractivity contribution >= 4 is 36.8 Å². The maximum absolute atomic E-state index is 12.9. The molecule has 3 heterocycles. The predicted octanol–water partition coefficient (Wildman–Crippen LogP) is 2.30. The first-order valence-corrected chi connectivity index (χ1v) is 9.29. The number of aromatic amines is 1. The van der Waals surface area contributed by atoms with Crippen LogP contribution in [-0.4, -0.2) is 64.9 Å². The lowest BCUT2D eigenvalue weighted by molar-refractivity contribution is -0.135. The Morgan fingerprint density at radius 1 is 1.14 bits per heavy atom. The molecule has 1 saturated heterocycles. The lowest BCUT2D eigenvalue weighted by Gasteiger charge is -2.36. The van der Waals surface area contributed by atoms with Crippen LogP contribution >= 0.6 is 24.8 Å². The number of H-pyrrole nitrogens is 1. The number of amides is 1. The van der Waals surface area contributed by atoms with Crippen LogP contribution in [0.1, 0.15) is 23.0 Å². The number of fused-ring (bicyclic) bond motifs is 1. The van der Waals surface area contributed by atoms with Gasteiger partial charge in [0.25, 0.3) is 0 Å². The number of benzene rings is 1. The molecule has 1 fully saturated rings. The number of imidazole rings is 1. The number of nitrogens with one attached hydrogen (secondary N) is 2. The summed E-state index contributed by atoms with van der Waals surface area (Å²) in [6.45, 7) is 5.10. The molecular weight excluding hydrogens is 397 g/mol.